The number of rotatable bonds is 3. The molecule has 0 saturated heterocycles. The Kier molecular flexibility index (Phi) is 3.87. The first-order valence-corrected chi connectivity index (χ1v) is 5.43. The predicted octanol–water partition coefficient (Wildman–Crippen LogP) is 1.78. The first-order valence-electron chi connectivity index (χ1n) is 3.56. The lowest BCUT2D eigenvalue weighted by molar-refractivity contribution is -0.350. The summed E-state index contributed by atoms with van der Waals surface area (Å²) in [5.74, 6) is -2.84. The number of carbonyl (C=O) groups excluding carboxylic acids is 1. The number of benzene rings is 1. The molecule has 15 heavy (non-hydrogen) atoms. The van der Waals surface area contributed by atoms with Crippen molar-refractivity contribution in [2.45, 2.75) is 6.11 Å². The van der Waals surface area contributed by atoms with Crippen molar-refractivity contribution >= 4 is 44.5 Å². The van der Waals surface area contributed by atoms with Gasteiger partial charge in [0, 0.05) is 3.57 Å². The van der Waals surface area contributed by atoms with Gasteiger partial charge in [-0.05, 0) is 56.7 Å². The number of aliphatic carboxylic acids is 1. The highest BCUT2D eigenvalue weighted by Gasteiger charge is 2.34. The highest BCUT2D eigenvalue weighted by atomic mass is 127. The molecule has 0 bridgehead atoms. The van der Waals surface area contributed by atoms with Crippen molar-refractivity contribution in [3.05, 3.63) is 26.2 Å². The molecule has 7 heteroatoms. The van der Waals surface area contributed by atoms with E-state index in [-0.39, 0.29) is 10.2 Å². The lowest BCUT2D eigenvalue weighted by Gasteiger charge is -2.19. The third kappa shape index (κ3) is 3.26. The van der Waals surface area contributed by atoms with Crippen LogP contribution in [0.25, 0.3) is 0 Å². The molecule has 0 saturated carbocycles. The van der Waals surface area contributed by atoms with Crippen LogP contribution in [0.5, 0.6) is 5.75 Å². The summed E-state index contributed by atoms with van der Waals surface area (Å²) in [5.41, 5.74) is 0. The second-order valence-electron chi connectivity index (χ2n) is 2.48. The third-order valence-corrected chi connectivity index (χ3v) is 2.66. The number of carboxylic acids is 1. The van der Waals surface area contributed by atoms with Gasteiger partial charge in [-0.1, -0.05) is 0 Å². The van der Waals surface area contributed by atoms with Crippen LogP contribution < -0.4 is 9.84 Å². The first-order chi connectivity index (χ1) is 6.83. The Balaban J connectivity index is 2.95. The van der Waals surface area contributed by atoms with Gasteiger partial charge in [-0.25, -0.2) is 0 Å². The zero-order chi connectivity index (χ0) is 11.6. The van der Waals surface area contributed by atoms with Crippen LogP contribution >= 0.6 is 38.5 Å². The van der Waals surface area contributed by atoms with E-state index >= 15 is 0 Å². The van der Waals surface area contributed by atoms with Gasteiger partial charge >= 0.3 is 6.11 Å². The fraction of sp³-hybridized carbons (Fsp3) is 0.125. The van der Waals surface area contributed by atoms with Gasteiger partial charge in [-0.3, -0.25) is 0 Å². The van der Waals surface area contributed by atoms with E-state index in [0.717, 1.165) is 3.57 Å². The zero-order valence-corrected chi connectivity index (χ0v) is 10.7. The van der Waals surface area contributed by atoms with E-state index in [4.69, 9.17) is 0 Å². The molecule has 0 fully saturated rings. The number of alkyl halides is 2. The SMILES string of the molecule is O=C([O-])C(F)(F)Oc1ccc(I)cc1Br. The van der Waals surface area contributed by atoms with Crippen LogP contribution in [0.3, 0.4) is 0 Å². The van der Waals surface area contributed by atoms with Crippen LogP contribution in [0, 0.1) is 3.57 Å². The molecule has 0 aliphatic rings. The van der Waals surface area contributed by atoms with Crippen LogP contribution in [0.4, 0.5) is 8.78 Å². The maximum Gasteiger partial charge on any atom is 0.441 e. The Hall–Kier alpha value is -0.440. The molecule has 1 rings (SSSR count). The van der Waals surface area contributed by atoms with Gasteiger partial charge in [0.05, 0.1) is 4.47 Å². The van der Waals surface area contributed by atoms with Crippen LogP contribution in [0.15, 0.2) is 22.7 Å². The van der Waals surface area contributed by atoms with Crippen molar-refractivity contribution in [1.29, 1.82) is 0 Å². The summed E-state index contributed by atoms with van der Waals surface area (Å²) in [6, 6.07) is 4.26. The lowest BCUT2D eigenvalue weighted by atomic mass is 10.3. The molecular formula is C8H3BrF2IO3-. The quantitative estimate of drug-likeness (QED) is 0.738. The molecule has 0 radical (unpaired) electrons. The Morgan fingerprint density at radius 1 is 1.53 bits per heavy atom. The molecule has 1 aromatic carbocycles. The van der Waals surface area contributed by atoms with Crippen LogP contribution in [0.2, 0.25) is 0 Å². The Morgan fingerprint density at radius 2 is 2.13 bits per heavy atom. The number of halogens is 4. The van der Waals surface area contributed by atoms with Crippen molar-refractivity contribution in [3.63, 3.8) is 0 Å². The van der Waals surface area contributed by atoms with Gasteiger partial charge in [0.1, 0.15) is 5.75 Å². The summed E-state index contributed by atoms with van der Waals surface area (Å²) < 4.78 is 30.3. The molecule has 0 aromatic heterocycles. The van der Waals surface area contributed by atoms with Crippen molar-refractivity contribution in [3.8, 4) is 5.75 Å². The van der Waals surface area contributed by atoms with E-state index in [0.29, 0.717) is 0 Å². The predicted molar refractivity (Wildman–Crippen MR) is 57.4 cm³/mol. The van der Waals surface area contributed by atoms with E-state index in [1.165, 1.54) is 18.2 Å². The molecule has 0 unspecified atom stereocenters. The number of carbonyl (C=O) groups is 1. The maximum absolute atomic E-state index is 12.6. The smallest absolute Gasteiger partial charge is 0.441 e. The normalized spacial score (nSPS) is 11.2. The second-order valence-corrected chi connectivity index (χ2v) is 4.58. The minimum atomic E-state index is -4.34. The lowest BCUT2D eigenvalue weighted by Crippen LogP contribution is -2.45. The van der Waals surface area contributed by atoms with Gasteiger partial charge in [-0.15, -0.1) is 0 Å². The van der Waals surface area contributed by atoms with E-state index in [9.17, 15) is 18.7 Å². The molecule has 0 heterocycles. The Morgan fingerprint density at radius 3 is 2.60 bits per heavy atom. The second kappa shape index (κ2) is 4.60. The average molecular weight is 392 g/mol. The summed E-state index contributed by atoms with van der Waals surface area (Å²) >= 11 is 4.94. The topological polar surface area (TPSA) is 49.4 Å². The largest absolute Gasteiger partial charge is 0.541 e. The number of carboxylic acid groups (broad SMARTS) is 1. The van der Waals surface area contributed by atoms with Gasteiger partial charge in [0.25, 0.3) is 0 Å². The summed E-state index contributed by atoms with van der Waals surface area (Å²) in [5, 5.41) is 10.0. The Labute approximate surface area is 106 Å². The zero-order valence-electron chi connectivity index (χ0n) is 6.97. The number of hydrogen-bond donors (Lipinski definition) is 0. The minimum Gasteiger partial charge on any atom is -0.541 e. The first kappa shape index (κ1) is 12.6. The van der Waals surface area contributed by atoms with Gasteiger partial charge in [-0.2, -0.15) is 8.78 Å². The Bertz CT molecular complexity index is 397. The number of ether oxygens (including phenoxy) is 1. The minimum absolute atomic E-state index is 0.246. The molecule has 0 spiro atoms. The van der Waals surface area contributed by atoms with Gasteiger partial charge < -0.3 is 14.6 Å². The molecule has 0 aliphatic heterocycles. The molecule has 0 atom stereocenters. The number of hydrogen-bond acceptors (Lipinski definition) is 3. The third-order valence-electron chi connectivity index (χ3n) is 1.37. The standard InChI is InChI=1S/C8H4BrF2IO3/c9-5-3-4(12)1-2-6(5)15-8(10,11)7(13)14/h1-3H,(H,13,14)/p-1. The molecule has 0 aliphatic carbocycles. The van der Waals surface area contributed by atoms with E-state index in [1.54, 1.807) is 0 Å². The fourth-order valence-corrected chi connectivity index (χ4v) is 2.12. The molecule has 0 N–H and O–H groups in total. The van der Waals surface area contributed by atoms with Gasteiger partial charge in [0.2, 0.25) is 0 Å². The summed E-state index contributed by atoms with van der Waals surface area (Å²) in [7, 11) is 0. The molecular weight excluding hydrogens is 389 g/mol. The molecule has 82 valence electrons. The summed E-state index contributed by atoms with van der Waals surface area (Å²) in [6.07, 6.45) is -4.34. The van der Waals surface area contributed by atoms with Crippen LogP contribution in [0.1, 0.15) is 0 Å². The monoisotopic (exact) mass is 391 g/mol. The molecule has 1 aromatic rings. The van der Waals surface area contributed by atoms with Crippen molar-refractivity contribution in [2.24, 2.45) is 0 Å². The summed E-state index contributed by atoms with van der Waals surface area (Å²) in [4.78, 5) is 10.0. The molecule has 3 nitrogen and oxygen atoms in total. The molecule has 0 amide bonds. The van der Waals surface area contributed by atoms with Crippen molar-refractivity contribution < 1.29 is 23.4 Å². The maximum atomic E-state index is 12.6. The van der Waals surface area contributed by atoms with Crippen molar-refractivity contribution in [1.82, 2.24) is 0 Å². The van der Waals surface area contributed by atoms with Crippen LogP contribution in [-0.4, -0.2) is 12.1 Å². The summed E-state index contributed by atoms with van der Waals surface area (Å²) in [6.45, 7) is 0. The highest BCUT2D eigenvalue weighted by molar-refractivity contribution is 14.1. The average Bonchev–Trinajstić information content (AvgIpc) is 2.09. The van der Waals surface area contributed by atoms with Crippen LogP contribution in [-0.2, 0) is 4.79 Å². The van der Waals surface area contributed by atoms with E-state index in [2.05, 4.69) is 20.7 Å². The van der Waals surface area contributed by atoms with Crippen molar-refractivity contribution in [2.75, 3.05) is 0 Å². The van der Waals surface area contributed by atoms with E-state index < -0.39 is 12.1 Å². The van der Waals surface area contributed by atoms with E-state index in [1.807, 2.05) is 22.6 Å². The fourth-order valence-electron chi connectivity index (χ4n) is 0.738. The van der Waals surface area contributed by atoms with Gasteiger partial charge in [0.15, 0.2) is 5.97 Å². The highest BCUT2D eigenvalue weighted by Crippen LogP contribution is 2.30.